The van der Waals surface area contributed by atoms with E-state index in [0.29, 0.717) is 35.2 Å². The molecule has 0 amide bonds. The van der Waals surface area contributed by atoms with Crippen molar-refractivity contribution in [3.05, 3.63) is 155 Å². The van der Waals surface area contributed by atoms with Crippen LogP contribution in [0, 0.1) is 0 Å². The molecule has 0 saturated heterocycles. The monoisotopic (exact) mass is 683 g/mol. The third-order valence-corrected chi connectivity index (χ3v) is 9.82. The van der Waals surface area contributed by atoms with Crippen LogP contribution in [0.2, 0.25) is 5.02 Å². The number of hydrogen-bond acceptors (Lipinski definition) is 7. The van der Waals surface area contributed by atoms with Gasteiger partial charge in [0.25, 0.3) is 0 Å². The van der Waals surface area contributed by atoms with E-state index in [1.165, 1.54) is 12.1 Å². The number of aliphatic hydroxyl groups excluding tert-OH is 1. The van der Waals surface area contributed by atoms with Gasteiger partial charge in [-0.1, -0.05) is 72.3 Å². The summed E-state index contributed by atoms with van der Waals surface area (Å²) in [6.07, 6.45) is 0.897. The number of nitrogens with zero attached hydrogens (tertiary/aromatic N) is 1. The van der Waals surface area contributed by atoms with Gasteiger partial charge in [-0.2, -0.15) is 0 Å². The van der Waals surface area contributed by atoms with Crippen LogP contribution in [0.4, 0.5) is 0 Å². The maximum absolute atomic E-state index is 13.4. The number of hydrogen-bond donors (Lipinski definition) is 1. The van der Waals surface area contributed by atoms with Crippen LogP contribution in [0.1, 0.15) is 46.5 Å². The summed E-state index contributed by atoms with van der Waals surface area (Å²) in [4.78, 5) is 14.6. The highest BCUT2D eigenvalue weighted by molar-refractivity contribution is 7.91. The third-order valence-electron chi connectivity index (χ3n) is 7.80. The van der Waals surface area contributed by atoms with Gasteiger partial charge in [0.05, 0.1) is 28.1 Å². The van der Waals surface area contributed by atoms with E-state index in [0.717, 1.165) is 36.1 Å². The van der Waals surface area contributed by atoms with Gasteiger partial charge in [0.2, 0.25) is 9.84 Å². The molecule has 9 heteroatoms. The highest BCUT2D eigenvalue weighted by Gasteiger charge is 2.19. The Kier molecular flexibility index (Phi) is 12.0. The van der Waals surface area contributed by atoms with Crippen LogP contribution < -0.4 is 4.74 Å². The first-order chi connectivity index (χ1) is 23.2. The molecule has 48 heavy (non-hydrogen) atoms. The average Bonchev–Trinajstić information content (AvgIpc) is 3.09. The molecule has 0 radical (unpaired) electrons. The quantitative estimate of drug-likeness (QED) is 0.111. The minimum Gasteiger partial charge on any atom is -0.462 e. The van der Waals surface area contributed by atoms with Crippen molar-refractivity contribution in [3.8, 4) is 11.5 Å². The molecule has 0 aliphatic carbocycles. The Labute approximate surface area is 287 Å². The Bertz CT molecular complexity index is 1900. The molecule has 1 atom stereocenters. The molecule has 5 aromatic carbocycles. The number of aryl methyl sites for hydroxylation is 1. The van der Waals surface area contributed by atoms with Crippen molar-refractivity contribution in [2.24, 2.45) is 0 Å². The van der Waals surface area contributed by atoms with Crippen LogP contribution in [0.25, 0.3) is 0 Å². The summed E-state index contributed by atoms with van der Waals surface area (Å²) in [5, 5.41) is 11.5. The zero-order valence-corrected chi connectivity index (χ0v) is 28.2. The molecule has 5 aromatic rings. The zero-order chi connectivity index (χ0) is 33.9. The first-order valence-corrected chi connectivity index (χ1v) is 17.7. The van der Waals surface area contributed by atoms with Crippen LogP contribution in [0.3, 0.4) is 0 Å². The van der Waals surface area contributed by atoms with E-state index >= 15 is 0 Å². The number of rotatable bonds is 15. The van der Waals surface area contributed by atoms with E-state index in [1.54, 1.807) is 67.6 Å². The summed E-state index contributed by atoms with van der Waals surface area (Å²) in [5.74, 6) is 0.434. The zero-order valence-electron chi connectivity index (χ0n) is 26.7. The average molecular weight is 684 g/mol. The predicted molar refractivity (Wildman–Crippen MR) is 187 cm³/mol. The number of carbonyl (C=O) groups is 1. The van der Waals surface area contributed by atoms with Crippen molar-refractivity contribution in [3.63, 3.8) is 0 Å². The van der Waals surface area contributed by atoms with E-state index in [2.05, 4.69) is 17.0 Å². The number of aliphatic hydroxyl groups is 1. The Balaban J connectivity index is 1.19. The van der Waals surface area contributed by atoms with Crippen molar-refractivity contribution >= 4 is 27.4 Å². The number of ether oxygens (including phenoxy) is 2. The fourth-order valence-corrected chi connectivity index (χ4v) is 6.80. The summed E-state index contributed by atoms with van der Waals surface area (Å²) in [6.45, 7) is 3.90. The standard InChI is InChI=1S/C39H38ClNO6S/c1-2-46-39(43)32-13-7-15-35(26-32)47-34-18-22-37(23-19-34)48(44,45)36-20-16-29(17-21-36)11-8-24-41(27-30-9-4-3-5-10-30)28-38(42)31-12-6-14-33(40)25-31/h3-7,9-10,12-23,25-26,38,42H,2,8,11,24,27-28H2,1H3/t38-/m1/s1. The minimum atomic E-state index is -3.74. The number of benzene rings is 5. The molecule has 0 fully saturated rings. The number of carbonyl (C=O) groups excluding carboxylic acids is 1. The molecule has 0 unspecified atom stereocenters. The van der Waals surface area contributed by atoms with E-state index < -0.39 is 21.9 Å². The molecular weight excluding hydrogens is 646 g/mol. The maximum atomic E-state index is 13.4. The van der Waals surface area contributed by atoms with Gasteiger partial charge in [-0.15, -0.1) is 0 Å². The van der Waals surface area contributed by atoms with Crippen LogP contribution in [-0.4, -0.2) is 44.1 Å². The van der Waals surface area contributed by atoms with Gasteiger partial charge in [0, 0.05) is 18.1 Å². The van der Waals surface area contributed by atoms with Gasteiger partial charge in [0.1, 0.15) is 11.5 Å². The summed E-state index contributed by atoms with van der Waals surface area (Å²) in [5.41, 5.74) is 3.33. The molecule has 0 aliphatic rings. The Hall–Kier alpha value is -4.47. The third kappa shape index (κ3) is 9.55. The number of esters is 1. The summed E-state index contributed by atoms with van der Waals surface area (Å²) >= 11 is 6.15. The lowest BCUT2D eigenvalue weighted by molar-refractivity contribution is 0.0526. The van der Waals surface area contributed by atoms with Gasteiger partial charge in [-0.3, -0.25) is 4.90 Å². The lowest BCUT2D eigenvalue weighted by Crippen LogP contribution is -2.29. The van der Waals surface area contributed by atoms with E-state index in [4.69, 9.17) is 21.1 Å². The van der Waals surface area contributed by atoms with Crippen molar-refractivity contribution in [2.45, 2.75) is 42.2 Å². The van der Waals surface area contributed by atoms with E-state index in [9.17, 15) is 18.3 Å². The second-order valence-electron chi connectivity index (χ2n) is 11.4. The van der Waals surface area contributed by atoms with Crippen LogP contribution in [0.15, 0.2) is 137 Å². The predicted octanol–water partition coefficient (Wildman–Crippen LogP) is 8.31. The molecule has 0 saturated carbocycles. The van der Waals surface area contributed by atoms with Crippen LogP contribution in [0.5, 0.6) is 11.5 Å². The highest BCUT2D eigenvalue weighted by atomic mass is 35.5. The highest BCUT2D eigenvalue weighted by Crippen LogP contribution is 2.27. The first-order valence-electron chi connectivity index (χ1n) is 15.8. The Morgan fingerprint density at radius 2 is 1.48 bits per heavy atom. The molecule has 0 heterocycles. The van der Waals surface area contributed by atoms with Crippen molar-refractivity contribution in [1.82, 2.24) is 4.90 Å². The molecule has 0 aliphatic heterocycles. The lowest BCUT2D eigenvalue weighted by Gasteiger charge is -2.25. The normalized spacial score (nSPS) is 12.1. The largest absolute Gasteiger partial charge is 0.462 e. The van der Waals surface area contributed by atoms with Gasteiger partial charge in [-0.05, 0) is 110 Å². The van der Waals surface area contributed by atoms with Gasteiger partial charge >= 0.3 is 5.97 Å². The van der Waals surface area contributed by atoms with E-state index in [1.807, 2.05) is 42.5 Å². The number of halogens is 1. The molecule has 0 bridgehead atoms. The lowest BCUT2D eigenvalue weighted by atomic mass is 10.1. The van der Waals surface area contributed by atoms with Crippen molar-refractivity contribution in [2.75, 3.05) is 19.7 Å². The van der Waals surface area contributed by atoms with Crippen molar-refractivity contribution < 1.29 is 27.8 Å². The Morgan fingerprint density at radius 1 is 0.792 bits per heavy atom. The van der Waals surface area contributed by atoms with Gasteiger partial charge < -0.3 is 14.6 Å². The van der Waals surface area contributed by atoms with Crippen molar-refractivity contribution in [1.29, 1.82) is 0 Å². The molecule has 248 valence electrons. The summed E-state index contributed by atoms with van der Waals surface area (Å²) in [6, 6.07) is 37.2. The van der Waals surface area contributed by atoms with Gasteiger partial charge in [0.15, 0.2) is 0 Å². The number of sulfone groups is 1. The molecule has 1 N–H and O–H groups in total. The van der Waals surface area contributed by atoms with Crippen LogP contribution in [-0.2, 0) is 27.5 Å². The molecule has 7 nitrogen and oxygen atoms in total. The molecule has 5 rings (SSSR count). The molecular formula is C39H38ClNO6S. The second kappa shape index (κ2) is 16.6. The summed E-state index contributed by atoms with van der Waals surface area (Å²) in [7, 11) is -3.74. The molecule has 0 aromatic heterocycles. The van der Waals surface area contributed by atoms with E-state index in [-0.39, 0.29) is 16.4 Å². The SMILES string of the molecule is CCOC(=O)c1cccc(Oc2ccc(S(=O)(=O)c3ccc(CCCN(Cc4ccccc4)C[C@@H](O)c4cccc(Cl)c4)cc3)cc2)c1. The molecule has 0 spiro atoms. The fraction of sp³-hybridized carbons (Fsp3) is 0.205. The Morgan fingerprint density at radius 3 is 2.17 bits per heavy atom. The fourth-order valence-electron chi connectivity index (χ4n) is 5.34. The maximum Gasteiger partial charge on any atom is 0.338 e. The smallest absolute Gasteiger partial charge is 0.338 e. The van der Waals surface area contributed by atoms with Gasteiger partial charge in [-0.25, -0.2) is 13.2 Å². The van der Waals surface area contributed by atoms with Crippen LogP contribution >= 0.6 is 11.6 Å². The first kappa shape index (κ1) is 34.9. The topological polar surface area (TPSA) is 93.1 Å². The second-order valence-corrected chi connectivity index (χ2v) is 13.8. The minimum absolute atomic E-state index is 0.151. The summed E-state index contributed by atoms with van der Waals surface area (Å²) < 4.78 is 37.7.